The molecule has 29 heavy (non-hydrogen) atoms. The van der Waals surface area contributed by atoms with Crippen molar-refractivity contribution in [1.29, 1.82) is 0 Å². The number of sulfonamides is 1. The van der Waals surface area contributed by atoms with Crippen molar-refractivity contribution in [2.24, 2.45) is 0 Å². The van der Waals surface area contributed by atoms with Crippen molar-refractivity contribution in [3.8, 4) is 0 Å². The Bertz CT molecular complexity index is 965. The van der Waals surface area contributed by atoms with Gasteiger partial charge in [-0.3, -0.25) is 4.79 Å². The predicted molar refractivity (Wildman–Crippen MR) is 106 cm³/mol. The normalized spacial score (nSPS) is 20.9. The molecule has 1 N–H and O–H groups in total. The minimum atomic E-state index is -3.60. The van der Waals surface area contributed by atoms with Crippen LogP contribution in [0.5, 0.6) is 0 Å². The molecule has 1 amide bonds. The van der Waals surface area contributed by atoms with Crippen LogP contribution >= 0.6 is 11.8 Å². The lowest BCUT2D eigenvalue weighted by Gasteiger charge is -2.25. The third-order valence-corrected chi connectivity index (χ3v) is 7.55. The zero-order valence-corrected chi connectivity index (χ0v) is 17.5. The van der Waals surface area contributed by atoms with Crippen LogP contribution in [0.1, 0.15) is 12.8 Å². The number of fused-ring (bicyclic) bond motifs is 1. The number of nitrogens with zero attached hydrogens (tertiary/aromatic N) is 2. The summed E-state index contributed by atoms with van der Waals surface area (Å²) < 4.78 is 43.3. The van der Waals surface area contributed by atoms with Crippen LogP contribution in [0, 0.1) is 0 Å². The van der Waals surface area contributed by atoms with Gasteiger partial charge in [0.15, 0.2) is 5.58 Å². The molecule has 2 aliphatic heterocycles. The highest BCUT2D eigenvalue weighted by Gasteiger charge is 2.27. The summed E-state index contributed by atoms with van der Waals surface area (Å²) in [6.07, 6.45) is 2.09. The molecule has 0 spiro atoms. The van der Waals surface area contributed by atoms with E-state index in [1.54, 1.807) is 6.07 Å². The van der Waals surface area contributed by atoms with Crippen LogP contribution in [-0.2, 0) is 24.3 Å². The number of thioether (sulfide) groups is 1. The number of nitrogens with one attached hydrogen (secondary N) is 1. The van der Waals surface area contributed by atoms with E-state index in [0.29, 0.717) is 49.2 Å². The molecule has 2 saturated heterocycles. The molecule has 9 nitrogen and oxygen atoms in total. The van der Waals surface area contributed by atoms with E-state index in [1.165, 1.54) is 28.2 Å². The summed E-state index contributed by atoms with van der Waals surface area (Å²) in [6, 6.07) is 4.61. The second kappa shape index (κ2) is 9.00. The van der Waals surface area contributed by atoms with E-state index < -0.39 is 10.0 Å². The maximum Gasteiger partial charge on any atom is 0.257 e. The number of morpholine rings is 1. The molecule has 2 fully saturated rings. The number of rotatable bonds is 7. The fourth-order valence-corrected chi connectivity index (χ4v) is 5.35. The number of hydrogen-bond acceptors (Lipinski definition) is 8. The van der Waals surface area contributed by atoms with E-state index in [4.69, 9.17) is 13.9 Å². The van der Waals surface area contributed by atoms with Gasteiger partial charge < -0.3 is 19.2 Å². The molecule has 3 heterocycles. The number of aromatic nitrogens is 1. The topological polar surface area (TPSA) is 111 Å². The highest BCUT2D eigenvalue weighted by molar-refractivity contribution is 7.99. The van der Waals surface area contributed by atoms with E-state index in [-0.39, 0.29) is 22.7 Å². The molecule has 0 radical (unpaired) electrons. The van der Waals surface area contributed by atoms with Crippen LogP contribution in [-0.4, -0.2) is 74.9 Å². The average molecular weight is 442 g/mol. The molecule has 1 aromatic heterocycles. The van der Waals surface area contributed by atoms with Gasteiger partial charge in [0.2, 0.25) is 15.9 Å². The molecule has 2 aromatic rings. The van der Waals surface area contributed by atoms with Gasteiger partial charge in [0.25, 0.3) is 5.22 Å². The van der Waals surface area contributed by atoms with E-state index in [2.05, 4.69) is 10.3 Å². The highest BCUT2D eigenvalue weighted by Crippen LogP contribution is 2.27. The van der Waals surface area contributed by atoms with Crippen molar-refractivity contribution in [3.63, 3.8) is 0 Å². The SMILES string of the molecule is O=C(CSc1nc2cc(S(=O)(=O)N3CCOCC3)ccc2o1)NC[C@@H]1CCCO1. The Morgan fingerprint density at radius 1 is 1.28 bits per heavy atom. The maximum absolute atomic E-state index is 12.8. The van der Waals surface area contributed by atoms with Crippen molar-refractivity contribution in [3.05, 3.63) is 18.2 Å². The highest BCUT2D eigenvalue weighted by atomic mass is 32.2. The number of carbonyl (C=O) groups is 1. The molecule has 11 heteroatoms. The molecule has 0 saturated carbocycles. The second-order valence-electron chi connectivity index (χ2n) is 6.85. The average Bonchev–Trinajstić information content (AvgIpc) is 3.40. The summed E-state index contributed by atoms with van der Waals surface area (Å²) in [4.78, 5) is 16.5. The van der Waals surface area contributed by atoms with Gasteiger partial charge in [-0.25, -0.2) is 13.4 Å². The fourth-order valence-electron chi connectivity index (χ4n) is 3.26. The van der Waals surface area contributed by atoms with Crippen molar-refractivity contribution < 1.29 is 27.1 Å². The molecule has 1 atom stereocenters. The lowest BCUT2D eigenvalue weighted by atomic mass is 10.2. The van der Waals surface area contributed by atoms with E-state index >= 15 is 0 Å². The Morgan fingerprint density at radius 3 is 2.86 bits per heavy atom. The monoisotopic (exact) mass is 441 g/mol. The van der Waals surface area contributed by atoms with Crippen molar-refractivity contribution in [1.82, 2.24) is 14.6 Å². The lowest BCUT2D eigenvalue weighted by Crippen LogP contribution is -2.40. The van der Waals surface area contributed by atoms with Gasteiger partial charge in [-0.1, -0.05) is 11.8 Å². The smallest absolute Gasteiger partial charge is 0.257 e. The first kappa shape index (κ1) is 20.6. The number of ether oxygens (including phenoxy) is 2. The minimum absolute atomic E-state index is 0.0973. The zero-order valence-electron chi connectivity index (χ0n) is 15.8. The predicted octanol–water partition coefficient (Wildman–Crippen LogP) is 1.24. The lowest BCUT2D eigenvalue weighted by molar-refractivity contribution is -0.119. The zero-order chi connectivity index (χ0) is 20.3. The number of carbonyl (C=O) groups excluding carboxylic acids is 1. The van der Waals surface area contributed by atoms with Crippen LogP contribution in [0.2, 0.25) is 0 Å². The van der Waals surface area contributed by atoms with Gasteiger partial charge in [-0.05, 0) is 31.0 Å². The first-order chi connectivity index (χ1) is 14.0. The number of hydrogen-bond donors (Lipinski definition) is 1. The quantitative estimate of drug-likeness (QED) is 0.639. The summed E-state index contributed by atoms with van der Waals surface area (Å²) >= 11 is 1.17. The Hall–Kier alpha value is -1.66. The summed E-state index contributed by atoms with van der Waals surface area (Å²) in [5.41, 5.74) is 0.926. The first-order valence-corrected chi connectivity index (χ1v) is 11.9. The molecule has 0 unspecified atom stereocenters. The van der Waals surface area contributed by atoms with Crippen LogP contribution in [0.15, 0.2) is 32.7 Å². The van der Waals surface area contributed by atoms with E-state index in [0.717, 1.165) is 19.4 Å². The minimum Gasteiger partial charge on any atom is -0.431 e. The van der Waals surface area contributed by atoms with Crippen LogP contribution < -0.4 is 5.32 Å². The van der Waals surface area contributed by atoms with Crippen LogP contribution in [0.25, 0.3) is 11.1 Å². The molecule has 4 rings (SSSR count). The largest absolute Gasteiger partial charge is 0.431 e. The van der Waals surface area contributed by atoms with Gasteiger partial charge in [0, 0.05) is 26.2 Å². The third-order valence-electron chi connectivity index (χ3n) is 4.82. The van der Waals surface area contributed by atoms with Gasteiger partial charge in [0.05, 0.1) is 30.0 Å². The summed E-state index contributed by atoms with van der Waals surface area (Å²) in [5, 5.41) is 3.17. The number of oxazole rings is 1. The van der Waals surface area contributed by atoms with E-state index in [1.807, 2.05) is 0 Å². The maximum atomic E-state index is 12.8. The summed E-state index contributed by atoms with van der Waals surface area (Å²) in [7, 11) is -3.60. The molecular formula is C18H23N3O6S2. The third kappa shape index (κ3) is 4.92. The van der Waals surface area contributed by atoms with Gasteiger partial charge >= 0.3 is 0 Å². The fraction of sp³-hybridized carbons (Fsp3) is 0.556. The number of amides is 1. The molecule has 2 aliphatic rings. The molecule has 0 aliphatic carbocycles. The van der Waals surface area contributed by atoms with Crippen molar-refractivity contribution >= 4 is 38.8 Å². The Balaban J connectivity index is 1.38. The summed E-state index contributed by atoms with van der Waals surface area (Å²) in [6.45, 7) is 2.71. The Labute approximate surface area is 173 Å². The molecular weight excluding hydrogens is 418 g/mol. The second-order valence-corrected chi connectivity index (χ2v) is 9.72. The molecule has 158 valence electrons. The Morgan fingerprint density at radius 2 is 2.10 bits per heavy atom. The van der Waals surface area contributed by atoms with Crippen LogP contribution in [0.3, 0.4) is 0 Å². The molecule has 0 bridgehead atoms. The van der Waals surface area contributed by atoms with Gasteiger partial charge in [-0.15, -0.1) is 0 Å². The first-order valence-electron chi connectivity index (χ1n) is 9.52. The van der Waals surface area contributed by atoms with E-state index in [9.17, 15) is 13.2 Å². The summed E-state index contributed by atoms with van der Waals surface area (Å²) in [5.74, 6) is 0.0432. The standard InChI is InChI=1S/C18H23N3O6S2/c22-17(19-11-13-2-1-7-26-13)12-28-18-20-15-10-14(3-4-16(15)27-18)29(23,24)21-5-8-25-9-6-21/h3-4,10,13H,1-2,5-9,11-12H2,(H,19,22)/t13-/m0/s1. The van der Waals surface area contributed by atoms with Crippen molar-refractivity contribution in [2.75, 3.05) is 45.2 Å². The van der Waals surface area contributed by atoms with Crippen molar-refractivity contribution in [2.45, 2.75) is 29.1 Å². The van der Waals surface area contributed by atoms with Gasteiger partial charge in [-0.2, -0.15) is 4.31 Å². The Kier molecular flexibility index (Phi) is 6.40. The van der Waals surface area contributed by atoms with Crippen LogP contribution in [0.4, 0.5) is 0 Å². The molecule has 1 aromatic carbocycles. The number of benzene rings is 1. The van der Waals surface area contributed by atoms with Gasteiger partial charge in [0.1, 0.15) is 5.52 Å².